The average Bonchev–Trinajstić information content (AvgIpc) is 2.37. The molecule has 0 saturated heterocycles. The maximum Gasteiger partial charge on any atom is 0.259 e. The number of aromatic nitrogens is 1. The van der Waals surface area contributed by atoms with Gasteiger partial charge in [0.25, 0.3) is 5.91 Å². The fourth-order valence-electron chi connectivity index (χ4n) is 1.64. The number of hydrogen-bond acceptors (Lipinski definition) is 3. The van der Waals surface area contributed by atoms with Crippen LogP contribution in [0.4, 0.5) is 15.9 Å². The SMILES string of the molecule is CNc1ncc(Br)cc1C(=O)Nc1cc(F)cc(Cl)c1. The van der Waals surface area contributed by atoms with Crippen molar-refractivity contribution in [3.8, 4) is 0 Å². The van der Waals surface area contributed by atoms with Gasteiger partial charge in [-0.1, -0.05) is 11.6 Å². The highest BCUT2D eigenvalue weighted by atomic mass is 79.9. The van der Waals surface area contributed by atoms with E-state index in [-0.39, 0.29) is 10.7 Å². The molecule has 20 heavy (non-hydrogen) atoms. The summed E-state index contributed by atoms with van der Waals surface area (Å²) in [6, 6.07) is 5.44. The Morgan fingerprint density at radius 1 is 1.35 bits per heavy atom. The molecule has 0 aliphatic rings. The minimum atomic E-state index is -0.519. The monoisotopic (exact) mass is 357 g/mol. The molecule has 1 heterocycles. The van der Waals surface area contributed by atoms with Gasteiger partial charge < -0.3 is 10.6 Å². The van der Waals surface area contributed by atoms with Crippen molar-refractivity contribution >= 4 is 44.9 Å². The van der Waals surface area contributed by atoms with E-state index in [2.05, 4.69) is 31.5 Å². The largest absolute Gasteiger partial charge is 0.372 e. The highest BCUT2D eigenvalue weighted by molar-refractivity contribution is 9.10. The van der Waals surface area contributed by atoms with Gasteiger partial charge >= 0.3 is 0 Å². The summed E-state index contributed by atoms with van der Waals surface area (Å²) in [6.45, 7) is 0. The maximum absolute atomic E-state index is 13.2. The number of amides is 1. The molecule has 2 aromatic rings. The molecule has 7 heteroatoms. The predicted octanol–water partition coefficient (Wildman–Crippen LogP) is 3.93. The molecule has 0 unspecified atom stereocenters. The fourth-order valence-corrected chi connectivity index (χ4v) is 2.19. The van der Waals surface area contributed by atoms with Crippen molar-refractivity contribution in [3.63, 3.8) is 0 Å². The zero-order valence-corrected chi connectivity index (χ0v) is 12.7. The van der Waals surface area contributed by atoms with Crippen molar-refractivity contribution in [3.05, 3.63) is 51.3 Å². The van der Waals surface area contributed by atoms with Crippen LogP contribution in [-0.4, -0.2) is 17.9 Å². The van der Waals surface area contributed by atoms with Crippen LogP contribution >= 0.6 is 27.5 Å². The fraction of sp³-hybridized carbons (Fsp3) is 0.0769. The van der Waals surface area contributed by atoms with Crippen LogP contribution in [0, 0.1) is 5.82 Å². The predicted molar refractivity (Wildman–Crippen MR) is 80.8 cm³/mol. The van der Waals surface area contributed by atoms with Crippen LogP contribution in [-0.2, 0) is 0 Å². The normalized spacial score (nSPS) is 10.2. The maximum atomic E-state index is 13.2. The molecule has 2 rings (SSSR count). The minimum Gasteiger partial charge on any atom is -0.372 e. The van der Waals surface area contributed by atoms with Gasteiger partial charge in [-0.3, -0.25) is 4.79 Å². The van der Waals surface area contributed by atoms with Crippen LogP contribution in [0.2, 0.25) is 5.02 Å². The number of nitrogens with zero attached hydrogens (tertiary/aromatic N) is 1. The zero-order chi connectivity index (χ0) is 14.7. The molecule has 0 spiro atoms. The van der Waals surface area contributed by atoms with E-state index in [1.54, 1.807) is 19.3 Å². The summed E-state index contributed by atoms with van der Waals surface area (Å²) in [7, 11) is 1.66. The molecule has 2 N–H and O–H groups in total. The second-order valence-corrected chi connectivity index (χ2v) is 5.26. The zero-order valence-electron chi connectivity index (χ0n) is 10.4. The summed E-state index contributed by atoms with van der Waals surface area (Å²) in [4.78, 5) is 16.3. The van der Waals surface area contributed by atoms with E-state index in [1.165, 1.54) is 12.1 Å². The molecule has 104 valence electrons. The van der Waals surface area contributed by atoms with Gasteiger partial charge in [0.15, 0.2) is 0 Å². The Labute approximate surface area is 128 Å². The molecule has 1 aromatic carbocycles. The van der Waals surface area contributed by atoms with Gasteiger partial charge in [0, 0.05) is 28.4 Å². The van der Waals surface area contributed by atoms with Crippen LogP contribution < -0.4 is 10.6 Å². The molecule has 0 saturated carbocycles. The first-order valence-electron chi connectivity index (χ1n) is 5.60. The Balaban J connectivity index is 2.30. The third kappa shape index (κ3) is 3.46. The Morgan fingerprint density at radius 3 is 2.75 bits per heavy atom. The summed E-state index contributed by atoms with van der Waals surface area (Å²) in [5.74, 6) is -0.507. The molecular formula is C13H10BrClFN3O. The molecule has 0 atom stereocenters. The van der Waals surface area contributed by atoms with Crippen LogP contribution in [0.3, 0.4) is 0 Å². The van der Waals surface area contributed by atoms with E-state index in [0.717, 1.165) is 6.07 Å². The quantitative estimate of drug-likeness (QED) is 0.874. The van der Waals surface area contributed by atoms with Gasteiger partial charge in [0.2, 0.25) is 0 Å². The number of halogens is 3. The number of rotatable bonds is 3. The number of hydrogen-bond donors (Lipinski definition) is 2. The summed E-state index contributed by atoms with van der Waals surface area (Å²) < 4.78 is 13.9. The highest BCUT2D eigenvalue weighted by Crippen LogP contribution is 2.22. The van der Waals surface area contributed by atoms with E-state index in [1.807, 2.05) is 0 Å². The average molecular weight is 359 g/mol. The van der Waals surface area contributed by atoms with E-state index < -0.39 is 11.7 Å². The number of anilines is 2. The Kier molecular flexibility index (Phi) is 4.57. The van der Waals surface area contributed by atoms with Gasteiger partial charge in [-0.15, -0.1) is 0 Å². The molecule has 0 bridgehead atoms. The van der Waals surface area contributed by atoms with Crippen molar-refractivity contribution in [2.45, 2.75) is 0 Å². The molecule has 0 fully saturated rings. The van der Waals surface area contributed by atoms with E-state index in [0.29, 0.717) is 15.9 Å². The summed E-state index contributed by atoms with van der Waals surface area (Å²) in [6.07, 6.45) is 1.57. The summed E-state index contributed by atoms with van der Waals surface area (Å²) in [5.41, 5.74) is 0.615. The lowest BCUT2D eigenvalue weighted by molar-refractivity contribution is 0.102. The van der Waals surface area contributed by atoms with Crippen molar-refractivity contribution in [1.82, 2.24) is 4.98 Å². The third-order valence-corrected chi connectivity index (χ3v) is 3.11. The lowest BCUT2D eigenvalue weighted by Crippen LogP contribution is -2.15. The number of carbonyl (C=O) groups excluding carboxylic acids is 1. The molecule has 1 amide bonds. The molecular weight excluding hydrogens is 349 g/mol. The van der Waals surface area contributed by atoms with Crippen LogP contribution in [0.25, 0.3) is 0 Å². The first-order valence-corrected chi connectivity index (χ1v) is 6.77. The van der Waals surface area contributed by atoms with Crippen molar-refractivity contribution < 1.29 is 9.18 Å². The van der Waals surface area contributed by atoms with Gasteiger partial charge in [-0.2, -0.15) is 0 Å². The number of pyridine rings is 1. The van der Waals surface area contributed by atoms with Crippen molar-refractivity contribution in [2.24, 2.45) is 0 Å². The Bertz CT molecular complexity index is 646. The second-order valence-electron chi connectivity index (χ2n) is 3.91. The van der Waals surface area contributed by atoms with Crippen molar-refractivity contribution in [1.29, 1.82) is 0 Å². The van der Waals surface area contributed by atoms with E-state index in [9.17, 15) is 9.18 Å². The summed E-state index contributed by atoms with van der Waals surface area (Å²) in [5, 5.41) is 5.61. The standard InChI is InChI=1S/C13H10BrClFN3O/c1-17-12-11(2-7(14)6-18-12)13(20)19-10-4-8(15)3-9(16)5-10/h2-6H,1H3,(H,17,18)(H,19,20). The minimum absolute atomic E-state index is 0.210. The Hall–Kier alpha value is -1.66. The first kappa shape index (κ1) is 14.7. The van der Waals surface area contributed by atoms with Crippen LogP contribution in [0.15, 0.2) is 34.9 Å². The lowest BCUT2D eigenvalue weighted by Gasteiger charge is -2.10. The number of carbonyl (C=O) groups is 1. The van der Waals surface area contributed by atoms with Gasteiger partial charge in [0.05, 0.1) is 5.56 Å². The highest BCUT2D eigenvalue weighted by Gasteiger charge is 2.13. The van der Waals surface area contributed by atoms with Gasteiger partial charge in [-0.25, -0.2) is 9.37 Å². The molecule has 0 aliphatic carbocycles. The number of benzene rings is 1. The van der Waals surface area contributed by atoms with E-state index in [4.69, 9.17) is 11.6 Å². The van der Waals surface area contributed by atoms with Crippen LogP contribution in [0.5, 0.6) is 0 Å². The first-order chi connectivity index (χ1) is 9.49. The topological polar surface area (TPSA) is 54.0 Å². The second kappa shape index (κ2) is 6.19. The third-order valence-electron chi connectivity index (χ3n) is 2.46. The molecule has 4 nitrogen and oxygen atoms in total. The smallest absolute Gasteiger partial charge is 0.259 e. The lowest BCUT2D eigenvalue weighted by atomic mass is 10.2. The van der Waals surface area contributed by atoms with E-state index >= 15 is 0 Å². The number of nitrogens with one attached hydrogen (secondary N) is 2. The molecule has 0 aliphatic heterocycles. The van der Waals surface area contributed by atoms with Crippen molar-refractivity contribution in [2.75, 3.05) is 17.7 Å². The van der Waals surface area contributed by atoms with Gasteiger partial charge in [-0.05, 0) is 40.2 Å². The Morgan fingerprint density at radius 2 is 2.10 bits per heavy atom. The molecule has 0 radical (unpaired) electrons. The summed E-state index contributed by atoms with van der Waals surface area (Å²) >= 11 is 8.99. The molecule has 1 aromatic heterocycles. The van der Waals surface area contributed by atoms with Gasteiger partial charge in [0.1, 0.15) is 11.6 Å². The van der Waals surface area contributed by atoms with Crippen LogP contribution in [0.1, 0.15) is 10.4 Å².